The Morgan fingerprint density at radius 2 is 2.31 bits per heavy atom. The van der Waals surface area contributed by atoms with Crippen LogP contribution >= 0.6 is 0 Å². The number of nitrogens with one attached hydrogen (secondary N) is 1. The van der Waals surface area contributed by atoms with E-state index in [9.17, 15) is 5.26 Å². The van der Waals surface area contributed by atoms with Gasteiger partial charge in [0.2, 0.25) is 0 Å². The highest BCUT2D eigenvalue weighted by atomic mass is 15.3. The highest BCUT2D eigenvalue weighted by Crippen LogP contribution is 2.39. The molecule has 16 heavy (non-hydrogen) atoms. The lowest BCUT2D eigenvalue weighted by molar-refractivity contribution is 0.385. The van der Waals surface area contributed by atoms with Gasteiger partial charge in [0.15, 0.2) is 0 Å². The van der Waals surface area contributed by atoms with Gasteiger partial charge in [-0.2, -0.15) is 10.4 Å². The molecule has 0 aromatic carbocycles. The molecule has 1 N–H and O–H groups in total. The number of hydrogen-bond donors (Lipinski definition) is 1. The van der Waals surface area contributed by atoms with E-state index in [1.807, 2.05) is 16.9 Å². The zero-order valence-corrected chi connectivity index (χ0v) is 9.26. The van der Waals surface area contributed by atoms with E-state index in [0.717, 1.165) is 19.3 Å². The fraction of sp³-hybridized carbons (Fsp3) is 0.667. The average molecular weight is 216 g/mol. The van der Waals surface area contributed by atoms with Crippen molar-refractivity contribution in [2.45, 2.75) is 49.7 Å². The predicted molar refractivity (Wildman–Crippen MR) is 59.6 cm³/mol. The van der Waals surface area contributed by atoms with Crippen molar-refractivity contribution in [2.24, 2.45) is 0 Å². The maximum atomic E-state index is 9.37. The molecule has 1 aromatic rings. The van der Waals surface area contributed by atoms with Crippen molar-refractivity contribution in [1.82, 2.24) is 15.1 Å². The summed E-state index contributed by atoms with van der Waals surface area (Å²) >= 11 is 0. The molecule has 4 heteroatoms. The minimum Gasteiger partial charge on any atom is -0.297 e. The van der Waals surface area contributed by atoms with Crippen LogP contribution in [-0.2, 0) is 0 Å². The van der Waals surface area contributed by atoms with Crippen molar-refractivity contribution in [3.8, 4) is 6.07 Å². The summed E-state index contributed by atoms with van der Waals surface area (Å²) in [5, 5.41) is 17.1. The molecule has 3 rings (SSSR count). The Morgan fingerprint density at radius 3 is 2.94 bits per heavy atom. The zero-order chi connectivity index (χ0) is 11.0. The lowest BCUT2D eigenvalue weighted by Gasteiger charge is -2.22. The van der Waals surface area contributed by atoms with Crippen molar-refractivity contribution in [1.29, 1.82) is 5.26 Å². The van der Waals surface area contributed by atoms with Gasteiger partial charge < -0.3 is 0 Å². The van der Waals surface area contributed by atoms with Gasteiger partial charge in [0.1, 0.15) is 5.54 Å². The van der Waals surface area contributed by atoms with E-state index in [4.69, 9.17) is 0 Å². The predicted octanol–water partition coefficient (Wildman–Crippen LogP) is 1.62. The first-order chi connectivity index (χ1) is 7.81. The molecule has 0 saturated heterocycles. The first kappa shape index (κ1) is 9.86. The molecule has 4 nitrogen and oxygen atoms in total. The van der Waals surface area contributed by atoms with Crippen LogP contribution in [0.2, 0.25) is 0 Å². The molecule has 2 saturated carbocycles. The number of rotatable bonds is 3. The Labute approximate surface area is 95.3 Å². The van der Waals surface area contributed by atoms with E-state index in [1.54, 1.807) is 6.20 Å². The van der Waals surface area contributed by atoms with Crippen LogP contribution < -0.4 is 5.32 Å². The van der Waals surface area contributed by atoms with Crippen LogP contribution in [0.15, 0.2) is 18.5 Å². The number of nitriles is 1. The minimum atomic E-state index is -0.294. The summed E-state index contributed by atoms with van der Waals surface area (Å²) in [7, 11) is 0. The maximum absolute atomic E-state index is 9.37. The van der Waals surface area contributed by atoms with E-state index in [2.05, 4.69) is 16.5 Å². The van der Waals surface area contributed by atoms with Crippen molar-refractivity contribution >= 4 is 0 Å². The summed E-state index contributed by atoms with van der Waals surface area (Å²) < 4.78 is 1.99. The van der Waals surface area contributed by atoms with Gasteiger partial charge in [0, 0.05) is 24.9 Å². The summed E-state index contributed by atoms with van der Waals surface area (Å²) in [6.45, 7) is 0. The molecule has 1 aromatic heterocycles. The highest BCUT2D eigenvalue weighted by Gasteiger charge is 2.43. The maximum Gasteiger partial charge on any atom is 0.109 e. The molecule has 2 aliphatic carbocycles. The Morgan fingerprint density at radius 1 is 1.44 bits per heavy atom. The molecule has 2 fully saturated rings. The molecule has 1 heterocycles. The van der Waals surface area contributed by atoms with E-state index < -0.39 is 0 Å². The third-order valence-electron chi connectivity index (χ3n) is 3.66. The second kappa shape index (κ2) is 3.60. The van der Waals surface area contributed by atoms with E-state index in [1.165, 1.54) is 12.8 Å². The number of nitrogens with zero attached hydrogens (tertiary/aromatic N) is 3. The normalized spacial score (nSPS) is 33.8. The molecule has 0 amide bonds. The molecule has 84 valence electrons. The highest BCUT2D eigenvalue weighted by molar-refractivity contribution is 5.14. The molecule has 0 spiro atoms. The Kier molecular flexibility index (Phi) is 2.22. The zero-order valence-electron chi connectivity index (χ0n) is 9.26. The quantitative estimate of drug-likeness (QED) is 0.835. The lowest BCUT2D eigenvalue weighted by atomic mass is 9.99. The van der Waals surface area contributed by atoms with Gasteiger partial charge in [-0.1, -0.05) is 0 Å². The third kappa shape index (κ3) is 1.72. The number of hydrogen-bond acceptors (Lipinski definition) is 3. The van der Waals surface area contributed by atoms with Gasteiger partial charge in [-0.25, -0.2) is 0 Å². The Bertz CT molecular complexity index is 401. The molecule has 2 atom stereocenters. The summed E-state index contributed by atoms with van der Waals surface area (Å²) in [6.07, 6.45) is 9.16. The van der Waals surface area contributed by atoms with Gasteiger partial charge in [-0.05, 0) is 31.7 Å². The van der Waals surface area contributed by atoms with E-state index in [-0.39, 0.29) is 5.54 Å². The summed E-state index contributed by atoms with van der Waals surface area (Å²) in [5.74, 6) is 0. The van der Waals surface area contributed by atoms with Crippen molar-refractivity contribution < 1.29 is 0 Å². The topological polar surface area (TPSA) is 53.6 Å². The van der Waals surface area contributed by atoms with Gasteiger partial charge in [0.05, 0.1) is 12.1 Å². The Balaban J connectivity index is 1.72. The Hall–Kier alpha value is -1.34. The van der Waals surface area contributed by atoms with Crippen LogP contribution in [-0.4, -0.2) is 21.4 Å². The third-order valence-corrected chi connectivity index (χ3v) is 3.66. The molecular formula is C12H16N4. The van der Waals surface area contributed by atoms with Crippen molar-refractivity contribution in [2.75, 3.05) is 0 Å². The van der Waals surface area contributed by atoms with Crippen molar-refractivity contribution in [3.05, 3.63) is 18.5 Å². The molecule has 2 unspecified atom stereocenters. The van der Waals surface area contributed by atoms with E-state index >= 15 is 0 Å². The summed E-state index contributed by atoms with van der Waals surface area (Å²) in [5.41, 5.74) is -0.294. The van der Waals surface area contributed by atoms with Crippen molar-refractivity contribution in [3.63, 3.8) is 0 Å². The van der Waals surface area contributed by atoms with Crippen LogP contribution in [0.3, 0.4) is 0 Å². The fourth-order valence-corrected chi connectivity index (χ4v) is 2.63. The van der Waals surface area contributed by atoms with Gasteiger partial charge >= 0.3 is 0 Å². The summed E-state index contributed by atoms with van der Waals surface area (Å²) in [6, 6.07) is 5.42. The monoisotopic (exact) mass is 216 g/mol. The molecular weight excluding hydrogens is 200 g/mol. The van der Waals surface area contributed by atoms with Gasteiger partial charge in [-0.3, -0.25) is 10.00 Å². The fourth-order valence-electron chi connectivity index (χ4n) is 2.63. The van der Waals surface area contributed by atoms with Crippen LogP contribution in [0, 0.1) is 11.3 Å². The second-order valence-electron chi connectivity index (χ2n) is 5.00. The second-order valence-corrected chi connectivity index (χ2v) is 5.00. The van der Waals surface area contributed by atoms with Gasteiger partial charge in [-0.15, -0.1) is 0 Å². The largest absolute Gasteiger partial charge is 0.297 e. The van der Waals surface area contributed by atoms with Gasteiger partial charge in [0.25, 0.3) is 0 Å². The van der Waals surface area contributed by atoms with Crippen LogP contribution in [0.1, 0.15) is 38.1 Å². The SMILES string of the molecule is N#CC1(NC2CC2)CCC(n2cccn2)C1. The molecule has 2 aliphatic rings. The first-order valence-electron chi connectivity index (χ1n) is 5.99. The molecule has 0 aliphatic heterocycles. The lowest BCUT2D eigenvalue weighted by Crippen LogP contribution is -2.43. The average Bonchev–Trinajstić information content (AvgIpc) is 2.84. The van der Waals surface area contributed by atoms with Crippen LogP contribution in [0.25, 0.3) is 0 Å². The summed E-state index contributed by atoms with van der Waals surface area (Å²) in [4.78, 5) is 0. The van der Waals surface area contributed by atoms with Crippen LogP contribution in [0.5, 0.6) is 0 Å². The van der Waals surface area contributed by atoms with E-state index in [0.29, 0.717) is 12.1 Å². The molecule has 0 radical (unpaired) electrons. The van der Waals surface area contributed by atoms with Crippen LogP contribution in [0.4, 0.5) is 0 Å². The first-order valence-corrected chi connectivity index (χ1v) is 5.99. The smallest absolute Gasteiger partial charge is 0.109 e. The minimum absolute atomic E-state index is 0.294. The molecule has 0 bridgehead atoms. The standard InChI is InChI=1S/C12H16N4/c13-9-12(15-10-2-3-10)5-4-11(8-12)16-7-1-6-14-16/h1,6-7,10-11,15H,2-5,8H2. The number of aromatic nitrogens is 2.